The van der Waals surface area contributed by atoms with Crippen molar-refractivity contribution in [2.75, 3.05) is 11.9 Å². The number of thiophene rings is 1. The number of carbonyl (C=O) groups is 1. The average Bonchev–Trinajstić information content (AvgIpc) is 3.04. The van der Waals surface area contributed by atoms with Crippen LogP contribution in [0.5, 0.6) is 0 Å². The normalized spacial score (nSPS) is 10.7. The Labute approximate surface area is 129 Å². The number of amides is 1. The third-order valence-corrected chi connectivity index (χ3v) is 4.72. The van der Waals surface area contributed by atoms with E-state index in [9.17, 15) is 4.79 Å². The third kappa shape index (κ3) is 3.21. The Kier molecular flexibility index (Phi) is 4.14. The number of hydrogen-bond acceptors (Lipinski definition) is 6. The maximum atomic E-state index is 11.8. The Hall–Kier alpha value is -1.96. The lowest BCUT2D eigenvalue weighted by Gasteiger charge is -2.01. The van der Waals surface area contributed by atoms with Gasteiger partial charge < -0.3 is 5.32 Å². The second-order valence-corrected chi connectivity index (χ2v) is 6.22. The van der Waals surface area contributed by atoms with Gasteiger partial charge in [-0.15, -0.1) is 11.3 Å². The first kappa shape index (κ1) is 14.0. The summed E-state index contributed by atoms with van der Waals surface area (Å²) in [7, 11) is 0. The highest BCUT2D eigenvalue weighted by Crippen LogP contribution is 2.34. The zero-order chi connectivity index (χ0) is 14.7. The molecule has 3 aromatic rings. The number of carbonyl (C=O) groups excluding carboxylic acids is 1. The molecule has 7 heteroatoms. The van der Waals surface area contributed by atoms with Crippen molar-refractivity contribution in [2.45, 2.75) is 6.92 Å². The first-order valence-electron chi connectivity index (χ1n) is 6.41. The Morgan fingerprint density at radius 3 is 2.81 bits per heavy atom. The zero-order valence-electron chi connectivity index (χ0n) is 11.3. The second-order valence-electron chi connectivity index (χ2n) is 4.15. The predicted octanol–water partition coefficient (Wildman–Crippen LogP) is 3.78. The summed E-state index contributed by atoms with van der Waals surface area (Å²) in [6.07, 6.45) is 0. The molecule has 5 nitrogen and oxygen atoms in total. The number of hydroxylamine groups is 1. The van der Waals surface area contributed by atoms with E-state index in [4.69, 9.17) is 4.84 Å². The van der Waals surface area contributed by atoms with Crippen LogP contribution in [-0.4, -0.2) is 17.5 Å². The number of nitrogens with zero attached hydrogens (tertiary/aromatic N) is 1. The SMILES string of the molecule is CCONC(=O)c1cc2sc(Nc3ccccc3)nc2s1. The van der Waals surface area contributed by atoms with Crippen molar-refractivity contribution in [3.63, 3.8) is 0 Å². The number of fused-ring (bicyclic) bond motifs is 1. The summed E-state index contributed by atoms with van der Waals surface area (Å²) in [4.78, 5) is 22.6. The molecular weight excluding hydrogens is 306 g/mol. The Morgan fingerprint density at radius 2 is 2.10 bits per heavy atom. The first-order chi connectivity index (χ1) is 10.3. The molecule has 0 aliphatic rings. The molecule has 0 unspecified atom stereocenters. The number of thiazole rings is 1. The molecule has 0 bridgehead atoms. The molecule has 0 spiro atoms. The summed E-state index contributed by atoms with van der Waals surface area (Å²) in [5.41, 5.74) is 3.38. The van der Waals surface area contributed by atoms with Crippen LogP contribution in [0, 0.1) is 0 Å². The van der Waals surface area contributed by atoms with Gasteiger partial charge in [0, 0.05) is 5.69 Å². The van der Waals surface area contributed by atoms with E-state index in [0.717, 1.165) is 20.3 Å². The summed E-state index contributed by atoms with van der Waals surface area (Å²) < 4.78 is 0.986. The number of rotatable bonds is 5. The molecule has 1 amide bonds. The lowest BCUT2D eigenvalue weighted by molar-refractivity contribution is 0.0368. The Bertz CT molecular complexity index is 721. The largest absolute Gasteiger partial charge is 0.332 e. The van der Waals surface area contributed by atoms with E-state index in [-0.39, 0.29) is 5.91 Å². The van der Waals surface area contributed by atoms with Crippen LogP contribution >= 0.6 is 22.7 Å². The number of para-hydroxylation sites is 1. The van der Waals surface area contributed by atoms with Gasteiger partial charge in [-0.2, -0.15) is 0 Å². The molecule has 0 radical (unpaired) electrons. The van der Waals surface area contributed by atoms with Gasteiger partial charge in [0.15, 0.2) is 5.13 Å². The van der Waals surface area contributed by atoms with Gasteiger partial charge in [0.25, 0.3) is 5.91 Å². The smallest absolute Gasteiger partial charge is 0.285 e. The van der Waals surface area contributed by atoms with E-state index in [1.165, 1.54) is 22.7 Å². The van der Waals surface area contributed by atoms with Crippen molar-refractivity contribution in [3.05, 3.63) is 41.3 Å². The highest BCUT2D eigenvalue weighted by molar-refractivity contribution is 7.29. The van der Waals surface area contributed by atoms with E-state index >= 15 is 0 Å². The molecule has 2 N–H and O–H groups in total. The molecule has 21 heavy (non-hydrogen) atoms. The number of nitrogens with one attached hydrogen (secondary N) is 2. The van der Waals surface area contributed by atoms with Gasteiger partial charge in [-0.25, -0.2) is 10.5 Å². The van der Waals surface area contributed by atoms with Crippen LogP contribution in [0.2, 0.25) is 0 Å². The van der Waals surface area contributed by atoms with Crippen LogP contribution in [-0.2, 0) is 4.84 Å². The van der Waals surface area contributed by atoms with Crippen LogP contribution < -0.4 is 10.8 Å². The lowest BCUT2D eigenvalue weighted by atomic mass is 10.3. The van der Waals surface area contributed by atoms with Gasteiger partial charge in [-0.3, -0.25) is 9.63 Å². The van der Waals surface area contributed by atoms with Gasteiger partial charge in [0.2, 0.25) is 0 Å². The number of benzene rings is 1. The molecule has 0 atom stereocenters. The minimum Gasteiger partial charge on any atom is -0.332 e. The maximum Gasteiger partial charge on any atom is 0.285 e. The fourth-order valence-corrected chi connectivity index (χ4v) is 3.76. The average molecular weight is 319 g/mol. The summed E-state index contributed by atoms with van der Waals surface area (Å²) >= 11 is 2.88. The number of hydrogen-bond donors (Lipinski definition) is 2. The molecule has 2 aromatic heterocycles. The van der Waals surface area contributed by atoms with Gasteiger partial charge in [-0.05, 0) is 25.1 Å². The molecule has 2 heterocycles. The van der Waals surface area contributed by atoms with Gasteiger partial charge in [0.1, 0.15) is 4.83 Å². The topological polar surface area (TPSA) is 63.2 Å². The summed E-state index contributed by atoms with van der Waals surface area (Å²) in [6.45, 7) is 2.26. The molecule has 0 aliphatic carbocycles. The van der Waals surface area contributed by atoms with Crippen molar-refractivity contribution >= 4 is 48.9 Å². The monoisotopic (exact) mass is 319 g/mol. The minimum atomic E-state index is -0.232. The summed E-state index contributed by atoms with van der Waals surface area (Å²) in [5.74, 6) is -0.232. The first-order valence-corrected chi connectivity index (χ1v) is 8.04. The van der Waals surface area contributed by atoms with Crippen LogP contribution in [0.1, 0.15) is 16.6 Å². The van der Waals surface area contributed by atoms with Crippen molar-refractivity contribution in [2.24, 2.45) is 0 Å². The van der Waals surface area contributed by atoms with Gasteiger partial charge in [0.05, 0.1) is 16.2 Å². The zero-order valence-corrected chi connectivity index (χ0v) is 12.9. The van der Waals surface area contributed by atoms with Crippen molar-refractivity contribution in [3.8, 4) is 0 Å². The lowest BCUT2D eigenvalue weighted by Crippen LogP contribution is -2.22. The highest BCUT2D eigenvalue weighted by atomic mass is 32.1. The molecule has 1 aromatic carbocycles. The fraction of sp³-hybridized carbons (Fsp3) is 0.143. The molecule has 0 saturated heterocycles. The Balaban J connectivity index is 1.76. The third-order valence-electron chi connectivity index (χ3n) is 2.65. The van der Waals surface area contributed by atoms with E-state index in [1.54, 1.807) is 0 Å². The van der Waals surface area contributed by atoms with E-state index in [2.05, 4.69) is 15.8 Å². The Morgan fingerprint density at radius 1 is 1.29 bits per heavy atom. The quantitative estimate of drug-likeness (QED) is 0.703. The van der Waals surface area contributed by atoms with Crippen LogP contribution in [0.15, 0.2) is 36.4 Å². The molecule has 108 valence electrons. The summed E-state index contributed by atoms with van der Waals surface area (Å²) in [6, 6.07) is 11.7. The minimum absolute atomic E-state index is 0.232. The second kappa shape index (κ2) is 6.21. The molecule has 0 aliphatic heterocycles. The van der Waals surface area contributed by atoms with Crippen molar-refractivity contribution in [1.82, 2.24) is 10.5 Å². The standard InChI is InChI=1S/C14H13N3O2S2/c1-2-19-17-12(18)10-8-11-13(20-10)16-14(21-11)15-9-6-4-3-5-7-9/h3-8H,2H2,1H3,(H,15,16)(H,17,18). The summed E-state index contributed by atoms with van der Waals surface area (Å²) in [5, 5.41) is 4.07. The van der Waals surface area contributed by atoms with Crippen LogP contribution in [0.25, 0.3) is 9.53 Å². The van der Waals surface area contributed by atoms with Crippen LogP contribution in [0.3, 0.4) is 0 Å². The van der Waals surface area contributed by atoms with Gasteiger partial charge in [-0.1, -0.05) is 29.5 Å². The van der Waals surface area contributed by atoms with Crippen LogP contribution in [0.4, 0.5) is 10.8 Å². The molecular formula is C14H13N3O2S2. The van der Waals surface area contributed by atoms with Crippen molar-refractivity contribution < 1.29 is 9.63 Å². The highest BCUT2D eigenvalue weighted by Gasteiger charge is 2.14. The number of anilines is 2. The van der Waals surface area contributed by atoms with Gasteiger partial charge >= 0.3 is 0 Å². The molecule has 0 fully saturated rings. The van der Waals surface area contributed by atoms with E-state index in [0.29, 0.717) is 11.5 Å². The number of aromatic nitrogens is 1. The van der Waals surface area contributed by atoms with Crippen molar-refractivity contribution in [1.29, 1.82) is 0 Å². The molecule has 0 saturated carbocycles. The maximum absolute atomic E-state index is 11.8. The predicted molar refractivity (Wildman–Crippen MR) is 86.3 cm³/mol. The fourth-order valence-electron chi connectivity index (χ4n) is 1.73. The van der Waals surface area contributed by atoms with E-state index < -0.39 is 0 Å². The molecule has 3 rings (SSSR count). The van der Waals surface area contributed by atoms with E-state index in [1.807, 2.05) is 43.3 Å².